The predicted octanol–water partition coefficient (Wildman–Crippen LogP) is 2.40. The maximum absolute atomic E-state index is 11.5. The van der Waals surface area contributed by atoms with E-state index < -0.39 is 9.84 Å². The van der Waals surface area contributed by atoms with Gasteiger partial charge in [0.1, 0.15) is 0 Å². The number of sulfone groups is 1. The maximum Gasteiger partial charge on any atom is 0.191 e. The van der Waals surface area contributed by atoms with Crippen LogP contribution < -0.4 is 10.6 Å². The van der Waals surface area contributed by atoms with E-state index in [2.05, 4.69) is 20.7 Å². The smallest absolute Gasteiger partial charge is 0.191 e. The molecule has 1 aromatic carbocycles. The van der Waals surface area contributed by atoms with E-state index in [0.717, 1.165) is 56.1 Å². The molecule has 1 aromatic heterocycles. The number of halogens is 1. The fourth-order valence-corrected chi connectivity index (χ4v) is 3.21. The second kappa shape index (κ2) is 12.1. The van der Waals surface area contributed by atoms with Gasteiger partial charge in [-0.2, -0.15) is 5.10 Å². The Morgan fingerprint density at radius 2 is 1.93 bits per heavy atom. The third-order valence-corrected chi connectivity index (χ3v) is 5.11. The molecule has 9 heteroatoms. The Kier molecular flexibility index (Phi) is 10.5. The molecule has 1 heterocycles. The zero-order valence-electron chi connectivity index (χ0n) is 16.7. The van der Waals surface area contributed by atoms with E-state index in [9.17, 15) is 8.42 Å². The van der Waals surface area contributed by atoms with Gasteiger partial charge in [0.2, 0.25) is 0 Å². The van der Waals surface area contributed by atoms with Gasteiger partial charge in [0, 0.05) is 38.6 Å². The van der Waals surface area contributed by atoms with Gasteiger partial charge >= 0.3 is 0 Å². The molecule has 156 valence electrons. The molecule has 0 bridgehead atoms. The van der Waals surface area contributed by atoms with E-state index in [0.29, 0.717) is 4.90 Å². The van der Waals surface area contributed by atoms with Crippen LogP contribution in [-0.2, 0) is 22.8 Å². The van der Waals surface area contributed by atoms with E-state index in [1.54, 1.807) is 12.1 Å². The lowest BCUT2D eigenvalue weighted by molar-refractivity contribution is 0.583. The number of nitrogens with one attached hydrogen (secondary N) is 2. The average Bonchev–Trinajstić information content (AvgIpc) is 3.03. The van der Waals surface area contributed by atoms with Crippen LogP contribution in [0.1, 0.15) is 24.5 Å². The SMILES string of the molecule is CCNC(=NCCCn1cc(C)cn1)NCCc1ccc(S(C)(=O)=O)cc1.I. The van der Waals surface area contributed by atoms with Gasteiger partial charge in [0.25, 0.3) is 0 Å². The van der Waals surface area contributed by atoms with Crippen LogP contribution in [-0.4, -0.2) is 50.0 Å². The van der Waals surface area contributed by atoms with Crippen LogP contribution in [0.3, 0.4) is 0 Å². The van der Waals surface area contributed by atoms with Gasteiger partial charge in [-0.15, -0.1) is 24.0 Å². The summed E-state index contributed by atoms with van der Waals surface area (Å²) in [7, 11) is -3.14. The first-order valence-corrected chi connectivity index (χ1v) is 11.1. The van der Waals surface area contributed by atoms with Crippen molar-refractivity contribution >= 4 is 39.8 Å². The summed E-state index contributed by atoms with van der Waals surface area (Å²) in [4.78, 5) is 4.94. The Balaban J connectivity index is 0.00000392. The van der Waals surface area contributed by atoms with Gasteiger partial charge in [0.15, 0.2) is 15.8 Å². The van der Waals surface area contributed by atoms with E-state index in [-0.39, 0.29) is 24.0 Å². The van der Waals surface area contributed by atoms with Crippen LogP contribution in [0.4, 0.5) is 0 Å². The number of aliphatic imine (C=N–C) groups is 1. The molecule has 0 saturated carbocycles. The Labute approximate surface area is 185 Å². The Morgan fingerprint density at radius 1 is 1.21 bits per heavy atom. The number of guanidine groups is 1. The fraction of sp³-hybridized carbons (Fsp3) is 0.474. The number of aryl methyl sites for hydroxylation is 2. The monoisotopic (exact) mass is 519 g/mol. The van der Waals surface area contributed by atoms with Crippen molar-refractivity contribution in [3.63, 3.8) is 0 Å². The largest absolute Gasteiger partial charge is 0.357 e. The lowest BCUT2D eigenvalue weighted by Gasteiger charge is -2.11. The third kappa shape index (κ3) is 8.59. The summed E-state index contributed by atoms with van der Waals surface area (Å²) in [6.07, 6.45) is 6.82. The zero-order chi connectivity index (χ0) is 19.7. The van der Waals surface area contributed by atoms with Gasteiger partial charge < -0.3 is 10.6 Å². The molecule has 2 aromatic rings. The maximum atomic E-state index is 11.5. The standard InChI is InChI=1S/C19H29N5O2S.HI/c1-4-20-19(21-11-5-13-24-15-16(2)14-23-24)22-12-10-17-6-8-18(9-7-17)27(3,25)26;/h6-9,14-15H,4-5,10-13H2,1-3H3,(H2,20,21,22);1H. The molecular weight excluding hydrogens is 489 g/mol. The highest BCUT2D eigenvalue weighted by molar-refractivity contribution is 14.0. The van der Waals surface area contributed by atoms with Gasteiger partial charge in [-0.3, -0.25) is 9.67 Å². The number of hydrogen-bond acceptors (Lipinski definition) is 4. The minimum Gasteiger partial charge on any atom is -0.357 e. The lowest BCUT2D eigenvalue weighted by Crippen LogP contribution is -2.38. The number of nitrogens with zero attached hydrogens (tertiary/aromatic N) is 3. The topological polar surface area (TPSA) is 88.4 Å². The van der Waals surface area contributed by atoms with Crippen LogP contribution in [0.25, 0.3) is 0 Å². The van der Waals surface area contributed by atoms with Gasteiger partial charge in [-0.05, 0) is 49.9 Å². The zero-order valence-corrected chi connectivity index (χ0v) is 19.8. The van der Waals surface area contributed by atoms with Gasteiger partial charge in [0.05, 0.1) is 11.1 Å². The summed E-state index contributed by atoms with van der Waals surface area (Å²) in [6, 6.07) is 7.02. The average molecular weight is 519 g/mol. The number of hydrogen-bond donors (Lipinski definition) is 2. The molecule has 0 spiro atoms. The quantitative estimate of drug-likeness (QED) is 0.230. The number of benzene rings is 1. The molecular formula is C19H30IN5O2S. The van der Waals surface area contributed by atoms with Crippen molar-refractivity contribution in [2.45, 2.75) is 38.1 Å². The van der Waals surface area contributed by atoms with Crippen molar-refractivity contribution in [2.75, 3.05) is 25.9 Å². The van der Waals surface area contributed by atoms with Crippen molar-refractivity contribution in [3.05, 3.63) is 47.8 Å². The summed E-state index contributed by atoms with van der Waals surface area (Å²) < 4.78 is 24.9. The summed E-state index contributed by atoms with van der Waals surface area (Å²) >= 11 is 0. The highest BCUT2D eigenvalue weighted by atomic mass is 127. The fourth-order valence-electron chi connectivity index (χ4n) is 2.58. The summed E-state index contributed by atoms with van der Waals surface area (Å²) in [5.41, 5.74) is 2.25. The first kappa shape index (κ1) is 24.4. The Morgan fingerprint density at radius 3 is 2.50 bits per heavy atom. The van der Waals surface area contributed by atoms with Gasteiger partial charge in [-0.1, -0.05) is 12.1 Å². The molecule has 0 radical (unpaired) electrons. The molecule has 0 saturated heterocycles. The first-order chi connectivity index (χ1) is 12.9. The molecule has 0 aliphatic rings. The molecule has 0 aliphatic heterocycles. The summed E-state index contributed by atoms with van der Waals surface area (Å²) in [6.45, 7) is 7.16. The van der Waals surface area contributed by atoms with Crippen LogP contribution in [0.15, 0.2) is 46.5 Å². The number of aromatic nitrogens is 2. The van der Waals surface area contributed by atoms with E-state index in [4.69, 9.17) is 0 Å². The minimum absolute atomic E-state index is 0. The molecule has 0 aliphatic carbocycles. The lowest BCUT2D eigenvalue weighted by atomic mass is 10.1. The van der Waals surface area contributed by atoms with Crippen LogP contribution in [0.2, 0.25) is 0 Å². The van der Waals surface area contributed by atoms with Crippen molar-refractivity contribution in [3.8, 4) is 0 Å². The van der Waals surface area contributed by atoms with Crippen LogP contribution in [0.5, 0.6) is 0 Å². The van der Waals surface area contributed by atoms with E-state index >= 15 is 0 Å². The molecule has 0 amide bonds. The normalized spacial score (nSPS) is 11.8. The van der Waals surface area contributed by atoms with Crippen LogP contribution >= 0.6 is 24.0 Å². The minimum atomic E-state index is -3.14. The molecule has 0 atom stereocenters. The third-order valence-electron chi connectivity index (χ3n) is 3.98. The van der Waals surface area contributed by atoms with E-state index in [1.807, 2.05) is 43.1 Å². The molecule has 0 fully saturated rings. The highest BCUT2D eigenvalue weighted by Crippen LogP contribution is 2.10. The molecule has 0 unspecified atom stereocenters. The van der Waals surface area contributed by atoms with Crippen molar-refractivity contribution in [1.29, 1.82) is 0 Å². The second-order valence-corrected chi connectivity index (χ2v) is 8.50. The molecule has 2 rings (SSSR count). The van der Waals surface area contributed by atoms with Crippen molar-refractivity contribution < 1.29 is 8.42 Å². The molecule has 7 nitrogen and oxygen atoms in total. The molecule has 28 heavy (non-hydrogen) atoms. The predicted molar refractivity (Wildman–Crippen MR) is 124 cm³/mol. The Bertz CT molecular complexity index is 847. The highest BCUT2D eigenvalue weighted by Gasteiger charge is 2.06. The molecule has 2 N–H and O–H groups in total. The van der Waals surface area contributed by atoms with Gasteiger partial charge in [-0.25, -0.2) is 8.42 Å². The summed E-state index contributed by atoms with van der Waals surface area (Å²) in [5, 5.41) is 10.8. The van der Waals surface area contributed by atoms with Crippen LogP contribution in [0, 0.1) is 6.92 Å². The second-order valence-electron chi connectivity index (χ2n) is 6.49. The first-order valence-electron chi connectivity index (χ1n) is 9.18. The Hall–Kier alpha value is -1.62. The summed E-state index contributed by atoms with van der Waals surface area (Å²) in [5.74, 6) is 0.793. The van der Waals surface area contributed by atoms with E-state index in [1.165, 1.54) is 6.26 Å². The van der Waals surface area contributed by atoms with Crippen molar-refractivity contribution in [2.24, 2.45) is 4.99 Å². The number of rotatable bonds is 9. The van der Waals surface area contributed by atoms with Crippen molar-refractivity contribution in [1.82, 2.24) is 20.4 Å².